The fourth-order valence-corrected chi connectivity index (χ4v) is 3.47. The Morgan fingerprint density at radius 2 is 1.76 bits per heavy atom. The minimum atomic E-state index is -4.66. The Labute approximate surface area is 188 Å². The van der Waals surface area contributed by atoms with Crippen molar-refractivity contribution in [2.24, 2.45) is 5.92 Å². The molecular formula is C23H22F3N3O4. The fraction of sp³-hybridized carbons (Fsp3) is 0.304. The Morgan fingerprint density at radius 3 is 2.36 bits per heavy atom. The molecule has 1 aliphatic rings. The molecule has 2 aromatic rings. The van der Waals surface area contributed by atoms with E-state index in [1.165, 1.54) is 6.07 Å². The van der Waals surface area contributed by atoms with Gasteiger partial charge < -0.3 is 0 Å². The van der Waals surface area contributed by atoms with Gasteiger partial charge in [0.25, 0.3) is 11.8 Å². The number of hydrogen-bond donors (Lipinski definition) is 1. The van der Waals surface area contributed by atoms with Gasteiger partial charge in [0.05, 0.1) is 17.7 Å². The van der Waals surface area contributed by atoms with Crippen molar-refractivity contribution in [3.63, 3.8) is 0 Å². The predicted molar refractivity (Wildman–Crippen MR) is 113 cm³/mol. The highest BCUT2D eigenvalue weighted by molar-refractivity contribution is 6.23. The van der Waals surface area contributed by atoms with Crippen LogP contribution in [-0.2, 0) is 20.6 Å². The lowest BCUT2D eigenvalue weighted by atomic mass is 10.1. The van der Waals surface area contributed by atoms with Gasteiger partial charge in [0, 0.05) is 11.5 Å². The van der Waals surface area contributed by atoms with E-state index in [0.29, 0.717) is 16.5 Å². The van der Waals surface area contributed by atoms with Crippen molar-refractivity contribution in [3.05, 3.63) is 65.2 Å². The Hall–Kier alpha value is -3.69. The van der Waals surface area contributed by atoms with Gasteiger partial charge in [-0.05, 0) is 36.8 Å². The lowest BCUT2D eigenvalue weighted by molar-refractivity contribution is -0.143. The Kier molecular flexibility index (Phi) is 6.57. The number of aryl methyl sites for hydroxylation is 1. The van der Waals surface area contributed by atoms with Crippen molar-refractivity contribution >= 4 is 29.3 Å². The van der Waals surface area contributed by atoms with Crippen LogP contribution in [0.15, 0.2) is 48.5 Å². The summed E-state index contributed by atoms with van der Waals surface area (Å²) >= 11 is 0. The monoisotopic (exact) mass is 461 g/mol. The number of hydrazine groups is 1. The molecule has 0 spiro atoms. The number of nitrogens with zero attached hydrogens (tertiary/aromatic N) is 2. The maximum absolute atomic E-state index is 13.1. The molecule has 1 fully saturated rings. The van der Waals surface area contributed by atoms with E-state index in [1.54, 1.807) is 45.0 Å². The van der Waals surface area contributed by atoms with Gasteiger partial charge in [-0.15, -0.1) is 0 Å². The third-order valence-electron chi connectivity index (χ3n) is 5.21. The maximum Gasteiger partial charge on any atom is 0.416 e. The number of benzene rings is 2. The molecule has 3 rings (SSSR count). The summed E-state index contributed by atoms with van der Waals surface area (Å²) in [5, 5.41) is 0.813. The lowest BCUT2D eigenvalue weighted by Gasteiger charge is -2.29. The first kappa shape index (κ1) is 24.0. The molecule has 1 aliphatic heterocycles. The normalized spacial score (nSPS) is 16.3. The summed E-state index contributed by atoms with van der Waals surface area (Å²) in [6, 6.07) is 9.02. The minimum Gasteiger partial charge on any atom is -0.274 e. The molecule has 10 heteroatoms. The number of rotatable bonds is 4. The van der Waals surface area contributed by atoms with Gasteiger partial charge in [0.2, 0.25) is 11.8 Å². The summed E-state index contributed by atoms with van der Waals surface area (Å²) in [4.78, 5) is 52.0. The molecule has 1 heterocycles. The largest absolute Gasteiger partial charge is 0.416 e. The number of anilines is 1. The second-order valence-electron chi connectivity index (χ2n) is 7.95. The van der Waals surface area contributed by atoms with E-state index in [4.69, 9.17) is 0 Å². The average molecular weight is 461 g/mol. The predicted octanol–water partition coefficient (Wildman–Crippen LogP) is 3.48. The van der Waals surface area contributed by atoms with Crippen molar-refractivity contribution in [2.75, 3.05) is 4.90 Å². The van der Waals surface area contributed by atoms with Crippen molar-refractivity contribution < 1.29 is 32.3 Å². The highest BCUT2D eigenvalue weighted by Crippen LogP contribution is 2.33. The number of amides is 4. The molecule has 33 heavy (non-hydrogen) atoms. The first-order valence-corrected chi connectivity index (χ1v) is 10.2. The van der Waals surface area contributed by atoms with Gasteiger partial charge in [-0.1, -0.05) is 38.1 Å². The van der Waals surface area contributed by atoms with Crippen LogP contribution in [0.5, 0.6) is 0 Å². The van der Waals surface area contributed by atoms with Crippen molar-refractivity contribution in [1.82, 2.24) is 10.4 Å². The van der Waals surface area contributed by atoms with Crippen LogP contribution >= 0.6 is 0 Å². The quantitative estimate of drug-likeness (QED) is 0.558. The molecule has 4 amide bonds. The summed E-state index contributed by atoms with van der Waals surface area (Å²) in [5.74, 6) is -3.59. The molecule has 0 saturated carbocycles. The first-order valence-electron chi connectivity index (χ1n) is 10.2. The molecule has 1 unspecified atom stereocenters. The van der Waals surface area contributed by atoms with Crippen molar-refractivity contribution in [2.45, 2.75) is 39.4 Å². The van der Waals surface area contributed by atoms with E-state index in [-0.39, 0.29) is 11.3 Å². The van der Waals surface area contributed by atoms with Crippen LogP contribution in [0.1, 0.15) is 41.8 Å². The van der Waals surface area contributed by atoms with Gasteiger partial charge in [0.1, 0.15) is 6.04 Å². The van der Waals surface area contributed by atoms with Crippen LogP contribution in [0.2, 0.25) is 0 Å². The van der Waals surface area contributed by atoms with Gasteiger partial charge >= 0.3 is 6.18 Å². The summed E-state index contributed by atoms with van der Waals surface area (Å²) in [6.07, 6.45) is -5.15. The van der Waals surface area contributed by atoms with Crippen LogP contribution in [0.4, 0.5) is 18.9 Å². The molecule has 7 nitrogen and oxygen atoms in total. The van der Waals surface area contributed by atoms with E-state index in [9.17, 15) is 32.3 Å². The third-order valence-corrected chi connectivity index (χ3v) is 5.21. The molecule has 0 bridgehead atoms. The smallest absolute Gasteiger partial charge is 0.274 e. The second-order valence-corrected chi connectivity index (χ2v) is 7.95. The number of carbonyl (C=O) groups excluding carboxylic acids is 4. The van der Waals surface area contributed by atoms with Gasteiger partial charge in [-0.25, -0.2) is 9.91 Å². The zero-order valence-corrected chi connectivity index (χ0v) is 18.1. The minimum absolute atomic E-state index is 0.260. The number of hydrogen-bond acceptors (Lipinski definition) is 4. The SMILES string of the molecule is Cc1ccccc1C(=O)NN(C(=O)C(C)C)C1CC(=O)N(c2cccc(C(F)(F)F)c2)C1=O. The van der Waals surface area contributed by atoms with Crippen LogP contribution < -0.4 is 10.3 Å². The third kappa shape index (κ3) is 4.89. The molecular weight excluding hydrogens is 439 g/mol. The van der Waals surface area contributed by atoms with Gasteiger partial charge in [-0.3, -0.25) is 24.6 Å². The molecule has 1 saturated heterocycles. The van der Waals surface area contributed by atoms with Crippen LogP contribution in [0.3, 0.4) is 0 Å². The zero-order valence-electron chi connectivity index (χ0n) is 18.1. The van der Waals surface area contributed by atoms with Crippen LogP contribution in [0, 0.1) is 12.8 Å². The Balaban J connectivity index is 1.93. The highest BCUT2D eigenvalue weighted by atomic mass is 19.4. The van der Waals surface area contributed by atoms with Crippen molar-refractivity contribution in [1.29, 1.82) is 0 Å². The van der Waals surface area contributed by atoms with E-state index in [0.717, 1.165) is 17.1 Å². The number of imide groups is 1. The number of halogens is 3. The highest BCUT2D eigenvalue weighted by Gasteiger charge is 2.46. The first-order chi connectivity index (χ1) is 15.4. The Morgan fingerprint density at radius 1 is 1.09 bits per heavy atom. The lowest BCUT2D eigenvalue weighted by Crippen LogP contribution is -2.56. The van der Waals surface area contributed by atoms with E-state index < -0.39 is 53.7 Å². The van der Waals surface area contributed by atoms with E-state index in [2.05, 4.69) is 5.43 Å². The fourth-order valence-electron chi connectivity index (χ4n) is 3.47. The summed E-state index contributed by atoms with van der Waals surface area (Å²) in [6.45, 7) is 4.81. The maximum atomic E-state index is 13.1. The van der Waals surface area contributed by atoms with E-state index >= 15 is 0 Å². The molecule has 0 aliphatic carbocycles. The molecule has 0 aromatic heterocycles. The number of alkyl halides is 3. The molecule has 0 radical (unpaired) electrons. The van der Waals surface area contributed by atoms with Crippen molar-refractivity contribution in [3.8, 4) is 0 Å². The molecule has 1 atom stereocenters. The summed E-state index contributed by atoms with van der Waals surface area (Å²) in [5.41, 5.74) is 2.04. The van der Waals surface area contributed by atoms with Crippen LogP contribution in [-0.4, -0.2) is 34.7 Å². The van der Waals surface area contributed by atoms with Crippen LogP contribution in [0.25, 0.3) is 0 Å². The van der Waals surface area contributed by atoms with Gasteiger partial charge in [-0.2, -0.15) is 13.2 Å². The number of carbonyl (C=O) groups is 4. The topological polar surface area (TPSA) is 86.8 Å². The van der Waals surface area contributed by atoms with E-state index in [1.807, 2.05) is 0 Å². The molecule has 1 N–H and O–H groups in total. The van der Waals surface area contributed by atoms with Gasteiger partial charge in [0.15, 0.2) is 0 Å². The standard InChI is InChI=1S/C23H22F3N3O4/c1-13(2)21(32)29(27-20(31)17-10-5-4-7-14(17)3)18-12-19(30)28(22(18)33)16-9-6-8-15(11-16)23(24,25)26/h4-11,13,18H,12H2,1-3H3,(H,27,31). The summed E-state index contributed by atoms with van der Waals surface area (Å²) in [7, 11) is 0. The average Bonchev–Trinajstić information content (AvgIpc) is 3.04. The molecule has 174 valence electrons. The zero-order chi connectivity index (χ0) is 24.5. The summed E-state index contributed by atoms with van der Waals surface area (Å²) < 4.78 is 39.3. The Bertz CT molecular complexity index is 1110. The number of nitrogens with one attached hydrogen (secondary N) is 1. The second kappa shape index (κ2) is 9.05. The molecule has 2 aromatic carbocycles.